The molecule has 0 aliphatic heterocycles. The highest BCUT2D eigenvalue weighted by Gasteiger charge is 2.12. The van der Waals surface area contributed by atoms with Crippen LogP contribution in [-0.4, -0.2) is 16.5 Å². The van der Waals surface area contributed by atoms with E-state index in [-0.39, 0.29) is 0 Å². The average Bonchev–Trinajstić information content (AvgIpc) is 2.02. The van der Waals surface area contributed by atoms with Crippen LogP contribution in [0.4, 0.5) is 0 Å². The van der Waals surface area contributed by atoms with Crippen LogP contribution >= 0.6 is 27.7 Å². The third-order valence-corrected chi connectivity index (χ3v) is 3.02. The summed E-state index contributed by atoms with van der Waals surface area (Å²) >= 11 is 4.94. The van der Waals surface area contributed by atoms with Crippen LogP contribution < -0.4 is 0 Å². The number of hydrogen-bond donors (Lipinski definition) is 1. The molecule has 0 aromatic heterocycles. The highest BCUT2D eigenvalue weighted by molar-refractivity contribution is 9.11. The zero-order valence-electron chi connectivity index (χ0n) is 8.88. The van der Waals surface area contributed by atoms with E-state index in [0.29, 0.717) is 5.75 Å². The summed E-state index contributed by atoms with van der Waals surface area (Å²) in [6, 6.07) is 0. The van der Waals surface area contributed by atoms with Gasteiger partial charge in [0.25, 0.3) is 0 Å². The van der Waals surface area contributed by atoms with Crippen LogP contribution in [-0.2, 0) is 0 Å². The third kappa shape index (κ3) is 8.60. The molecule has 0 rings (SSSR count). The molecular weight excluding hydrogens is 260 g/mol. The minimum Gasteiger partial charge on any atom is -0.390 e. The first-order valence-electron chi connectivity index (χ1n) is 4.37. The number of thioether (sulfide) groups is 1. The Kier molecular flexibility index (Phi) is 6.49. The molecule has 0 saturated heterocycles. The van der Waals surface area contributed by atoms with Crippen LogP contribution in [0.25, 0.3) is 0 Å². The normalized spacial score (nSPS) is 14.4. The molecule has 14 heavy (non-hydrogen) atoms. The van der Waals surface area contributed by atoms with Crippen molar-refractivity contribution in [2.75, 3.05) is 5.75 Å². The van der Waals surface area contributed by atoms with Crippen molar-refractivity contribution in [1.29, 1.82) is 0 Å². The number of hydrogen-bond acceptors (Lipinski definition) is 2. The molecule has 0 heterocycles. The monoisotopic (exact) mass is 276 g/mol. The summed E-state index contributed by atoms with van der Waals surface area (Å²) in [4.78, 5) is 1.06. The van der Waals surface area contributed by atoms with Crippen LogP contribution in [0.5, 0.6) is 0 Å². The molecule has 1 N–H and O–H groups in total. The van der Waals surface area contributed by atoms with Gasteiger partial charge in [-0.15, -0.1) is 11.8 Å². The first-order chi connectivity index (χ1) is 6.35. The zero-order chi connectivity index (χ0) is 11.2. The Bertz CT molecular complexity index is 245. The summed E-state index contributed by atoms with van der Waals surface area (Å²) in [7, 11) is 0. The van der Waals surface area contributed by atoms with Gasteiger partial charge >= 0.3 is 0 Å². The topological polar surface area (TPSA) is 20.2 Å². The molecule has 0 amide bonds. The van der Waals surface area contributed by atoms with Gasteiger partial charge in [-0.05, 0) is 31.3 Å². The summed E-state index contributed by atoms with van der Waals surface area (Å²) in [5.74, 6) is 0.667. The van der Waals surface area contributed by atoms with Gasteiger partial charge in [0.05, 0.1) is 5.60 Å². The molecule has 1 nitrogen and oxygen atoms in total. The van der Waals surface area contributed by atoms with E-state index in [4.69, 9.17) is 0 Å². The number of allylic oxidation sites excluding steroid dienone is 4. The molecule has 0 aliphatic rings. The molecule has 0 spiro atoms. The summed E-state index contributed by atoms with van der Waals surface area (Å²) in [5.41, 5.74) is -0.639. The van der Waals surface area contributed by atoms with Gasteiger partial charge in [0, 0.05) is 10.7 Å². The second-order valence-corrected chi connectivity index (χ2v) is 5.93. The minimum atomic E-state index is -0.639. The largest absolute Gasteiger partial charge is 0.390 e. The second kappa shape index (κ2) is 6.49. The molecule has 0 unspecified atom stereocenters. The van der Waals surface area contributed by atoms with Crippen molar-refractivity contribution in [3.05, 3.63) is 34.2 Å². The maximum Gasteiger partial charge on any atom is 0.0685 e. The van der Waals surface area contributed by atoms with Crippen molar-refractivity contribution in [2.45, 2.75) is 26.4 Å². The molecule has 0 aromatic carbocycles. The maximum absolute atomic E-state index is 9.53. The van der Waals surface area contributed by atoms with E-state index in [9.17, 15) is 5.11 Å². The molecule has 0 fully saturated rings. The predicted octanol–water partition coefficient (Wildman–Crippen LogP) is 3.86. The third-order valence-electron chi connectivity index (χ3n) is 1.27. The molecule has 0 bridgehead atoms. The fourth-order valence-corrected chi connectivity index (χ4v) is 1.57. The summed E-state index contributed by atoms with van der Waals surface area (Å²) in [6.07, 6.45) is 5.74. The molecule has 0 atom stereocenters. The van der Waals surface area contributed by atoms with Gasteiger partial charge < -0.3 is 5.11 Å². The second-order valence-electron chi connectivity index (χ2n) is 3.63. The van der Waals surface area contributed by atoms with Gasteiger partial charge in [-0.1, -0.05) is 34.7 Å². The minimum absolute atomic E-state index is 0.639. The molecular formula is C11H17BrOS. The van der Waals surface area contributed by atoms with Crippen LogP contribution in [0.2, 0.25) is 0 Å². The van der Waals surface area contributed by atoms with Gasteiger partial charge in [0.15, 0.2) is 0 Å². The Morgan fingerprint density at radius 2 is 2.07 bits per heavy atom. The summed E-state index contributed by atoms with van der Waals surface area (Å²) in [5, 5.41) is 9.53. The highest BCUT2D eigenvalue weighted by atomic mass is 79.9. The zero-order valence-corrected chi connectivity index (χ0v) is 11.3. The molecule has 0 aromatic rings. The predicted molar refractivity (Wildman–Crippen MR) is 69.7 cm³/mol. The first kappa shape index (κ1) is 14.0. The standard InChI is InChI=1S/C11H17BrOS/c1-5-10(7-6-9(2)12)14-8-11(3,4)13/h5-7,13H,1,8H2,2-4H3/b9-6+,10-7+. The van der Waals surface area contributed by atoms with E-state index in [1.165, 1.54) is 0 Å². The lowest BCUT2D eigenvalue weighted by molar-refractivity contribution is 0.107. The molecule has 0 saturated carbocycles. The Morgan fingerprint density at radius 3 is 2.43 bits per heavy atom. The Hall–Kier alpha value is 0.01000. The van der Waals surface area contributed by atoms with Gasteiger partial charge in [0.2, 0.25) is 0 Å². The first-order valence-corrected chi connectivity index (χ1v) is 6.15. The lowest BCUT2D eigenvalue weighted by atomic mass is 10.2. The summed E-state index contributed by atoms with van der Waals surface area (Å²) < 4.78 is 1.07. The lowest BCUT2D eigenvalue weighted by Gasteiger charge is -2.16. The van der Waals surface area contributed by atoms with E-state index in [1.54, 1.807) is 31.7 Å². The summed E-state index contributed by atoms with van der Waals surface area (Å²) in [6.45, 7) is 9.29. The smallest absolute Gasteiger partial charge is 0.0685 e. The Morgan fingerprint density at radius 1 is 1.50 bits per heavy atom. The van der Waals surface area contributed by atoms with Crippen molar-refractivity contribution in [3.8, 4) is 0 Å². The van der Waals surface area contributed by atoms with Crippen LogP contribution in [0.1, 0.15) is 20.8 Å². The van der Waals surface area contributed by atoms with Gasteiger partial charge in [-0.25, -0.2) is 0 Å². The average molecular weight is 277 g/mol. The van der Waals surface area contributed by atoms with Crippen LogP contribution in [0.15, 0.2) is 34.2 Å². The number of halogens is 1. The number of aliphatic hydroxyl groups is 1. The van der Waals surface area contributed by atoms with E-state index < -0.39 is 5.60 Å². The SMILES string of the molecule is C=C/C(=C\C=C(/C)Br)SCC(C)(C)O. The molecule has 3 heteroatoms. The Balaban J connectivity index is 4.24. The molecule has 80 valence electrons. The van der Waals surface area contributed by atoms with Crippen molar-refractivity contribution < 1.29 is 5.11 Å². The van der Waals surface area contributed by atoms with E-state index in [2.05, 4.69) is 22.5 Å². The Labute approximate surface area is 99.1 Å². The van der Waals surface area contributed by atoms with E-state index >= 15 is 0 Å². The van der Waals surface area contributed by atoms with Crippen molar-refractivity contribution in [2.24, 2.45) is 0 Å². The molecule has 0 aliphatic carbocycles. The fraction of sp³-hybridized carbons (Fsp3) is 0.455. The quantitative estimate of drug-likeness (QED) is 0.770. The van der Waals surface area contributed by atoms with E-state index in [0.717, 1.165) is 9.39 Å². The van der Waals surface area contributed by atoms with Crippen molar-refractivity contribution in [3.63, 3.8) is 0 Å². The fourth-order valence-electron chi connectivity index (χ4n) is 0.632. The molecule has 0 radical (unpaired) electrons. The maximum atomic E-state index is 9.53. The van der Waals surface area contributed by atoms with E-state index in [1.807, 2.05) is 19.1 Å². The highest BCUT2D eigenvalue weighted by Crippen LogP contribution is 2.22. The van der Waals surface area contributed by atoms with Crippen molar-refractivity contribution >= 4 is 27.7 Å². The van der Waals surface area contributed by atoms with Crippen LogP contribution in [0.3, 0.4) is 0 Å². The van der Waals surface area contributed by atoms with Gasteiger partial charge in [-0.3, -0.25) is 0 Å². The van der Waals surface area contributed by atoms with Crippen LogP contribution in [0, 0.1) is 0 Å². The van der Waals surface area contributed by atoms with Crippen molar-refractivity contribution in [1.82, 2.24) is 0 Å². The van der Waals surface area contributed by atoms with Gasteiger partial charge in [0.1, 0.15) is 0 Å². The lowest BCUT2D eigenvalue weighted by Crippen LogP contribution is -2.21. The number of rotatable bonds is 5. The van der Waals surface area contributed by atoms with Gasteiger partial charge in [-0.2, -0.15) is 0 Å².